The van der Waals surface area contributed by atoms with E-state index in [1.807, 2.05) is 47.0 Å². The van der Waals surface area contributed by atoms with Crippen LogP contribution in [0.2, 0.25) is 0 Å². The Morgan fingerprint density at radius 2 is 1.78 bits per heavy atom. The van der Waals surface area contributed by atoms with Crippen LogP contribution in [-0.2, 0) is 28.9 Å². The minimum Gasteiger partial charge on any atom is -0.465 e. The number of rotatable bonds is 12. The number of imidazole rings is 1. The Morgan fingerprint density at radius 1 is 1.06 bits per heavy atom. The fourth-order valence-electron chi connectivity index (χ4n) is 3.95. The molecular weight excluding hydrogens is 460 g/mol. The van der Waals surface area contributed by atoms with E-state index in [0.717, 1.165) is 29.8 Å². The maximum absolute atomic E-state index is 13.4. The van der Waals surface area contributed by atoms with Crippen LogP contribution >= 0.6 is 0 Å². The van der Waals surface area contributed by atoms with Crippen molar-refractivity contribution >= 4 is 17.8 Å². The maximum Gasteiger partial charge on any atom is 0.337 e. The summed E-state index contributed by atoms with van der Waals surface area (Å²) in [5, 5.41) is 12.0. The number of aryl methyl sites for hydroxylation is 1. The summed E-state index contributed by atoms with van der Waals surface area (Å²) in [7, 11) is 1.34. The van der Waals surface area contributed by atoms with Crippen LogP contribution in [0.25, 0.3) is 0 Å². The van der Waals surface area contributed by atoms with Gasteiger partial charge in [0.2, 0.25) is 5.91 Å². The van der Waals surface area contributed by atoms with Crippen molar-refractivity contribution < 1.29 is 24.3 Å². The number of nitrogens with one attached hydrogen (secondary N) is 2. The first-order chi connectivity index (χ1) is 17.4. The van der Waals surface area contributed by atoms with Gasteiger partial charge >= 0.3 is 5.97 Å². The quantitative estimate of drug-likeness (QED) is 0.203. The van der Waals surface area contributed by atoms with E-state index in [-0.39, 0.29) is 12.3 Å². The Hall–Kier alpha value is -3.98. The Kier molecular flexibility index (Phi) is 9.76. The molecule has 0 saturated heterocycles. The number of carbonyl (C=O) groups excluding carboxylic acids is 3. The molecule has 3 rings (SSSR count). The van der Waals surface area contributed by atoms with Crippen molar-refractivity contribution in [3.8, 4) is 0 Å². The molecule has 1 atom stereocenters. The van der Waals surface area contributed by atoms with Crippen LogP contribution in [0, 0.1) is 0 Å². The van der Waals surface area contributed by atoms with Gasteiger partial charge in [0, 0.05) is 25.4 Å². The van der Waals surface area contributed by atoms with E-state index < -0.39 is 17.9 Å². The first kappa shape index (κ1) is 26.6. The summed E-state index contributed by atoms with van der Waals surface area (Å²) in [5.74, 6) is -0.571. The molecule has 1 aromatic heterocycles. The molecule has 36 heavy (non-hydrogen) atoms. The minimum absolute atomic E-state index is 0.0804. The highest BCUT2D eigenvalue weighted by molar-refractivity contribution is 5.93. The lowest BCUT2D eigenvalue weighted by Crippen LogP contribution is -2.41. The molecule has 0 spiro atoms. The Balaban J connectivity index is 1.84. The van der Waals surface area contributed by atoms with E-state index in [9.17, 15) is 14.4 Å². The van der Waals surface area contributed by atoms with Gasteiger partial charge in [-0.25, -0.2) is 15.3 Å². The van der Waals surface area contributed by atoms with Crippen molar-refractivity contribution in [3.05, 3.63) is 89.0 Å². The van der Waals surface area contributed by atoms with Crippen molar-refractivity contribution in [2.24, 2.45) is 0 Å². The summed E-state index contributed by atoms with van der Waals surface area (Å²) in [6.45, 7) is 2.48. The van der Waals surface area contributed by atoms with Crippen molar-refractivity contribution in [2.75, 3.05) is 7.11 Å². The van der Waals surface area contributed by atoms with E-state index in [1.54, 1.807) is 23.8 Å². The summed E-state index contributed by atoms with van der Waals surface area (Å²) >= 11 is 0. The van der Waals surface area contributed by atoms with E-state index >= 15 is 0 Å². The van der Waals surface area contributed by atoms with E-state index in [4.69, 9.17) is 9.94 Å². The van der Waals surface area contributed by atoms with Gasteiger partial charge < -0.3 is 14.6 Å². The SMILES string of the molecule is CCCCc1ncc(C(=O)NC(CC(=O)NO)Cc2ccccc2)n1Cc1ccc(C(=O)OC)cc1. The lowest BCUT2D eigenvalue weighted by Gasteiger charge is -2.19. The molecule has 0 aliphatic carbocycles. The first-order valence-corrected chi connectivity index (χ1v) is 11.9. The van der Waals surface area contributed by atoms with Gasteiger partial charge in [-0.15, -0.1) is 0 Å². The number of carbonyl (C=O) groups is 3. The number of ether oxygens (including phenoxy) is 1. The highest BCUT2D eigenvalue weighted by Gasteiger charge is 2.22. The van der Waals surface area contributed by atoms with E-state index in [2.05, 4.69) is 17.2 Å². The average molecular weight is 493 g/mol. The van der Waals surface area contributed by atoms with Crippen LogP contribution in [0.1, 0.15) is 64.0 Å². The van der Waals surface area contributed by atoms with Crippen LogP contribution in [0.15, 0.2) is 60.8 Å². The normalized spacial score (nSPS) is 11.5. The Bertz CT molecular complexity index is 1160. The molecule has 2 amide bonds. The standard InChI is InChI=1S/C27H32N4O5/c1-3-4-10-24-28-17-23(31(24)18-20-11-13-21(14-12-20)27(34)36-2)26(33)29-22(16-25(32)30-35)15-19-8-6-5-7-9-19/h5-9,11-14,17,22,35H,3-4,10,15-16,18H2,1-2H3,(H,29,33)(H,30,32). The highest BCUT2D eigenvalue weighted by atomic mass is 16.5. The topological polar surface area (TPSA) is 123 Å². The molecule has 3 aromatic rings. The van der Waals surface area contributed by atoms with E-state index in [1.165, 1.54) is 7.11 Å². The molecule has 0 aliphatic rings. The summed E-state index contributed by atoms with van der Waals surface area (Å²) < 4.78 is 6.62. The third kappa shape index (κ3) is 7.26. The van der Waals surface area contributed by atoms with Crippen LogP contribution in [0.4, 0.5) is 0 Å². The number of hydrogen-bond donors (Lipinski definition) is 3. The lowest BCUT2D eigenvalue weighted by atomic mass is 10.0. The Morgan fingerprint density at radius 3 is 2.42 bits per heavy atom. The second-order valence-corrected chi connectivity index (χ2v) is 8.54. The van der Waals surface area contributed by atoms with E-state index in [0.29, 0.717) is 30.6 Å². The van der Waals surface area contributed by atoms with Crippen molar-refractivity contribution in [2.45, 2.75) is 51.6 Å². The van der Waals surface area contributed by atoms with Crippen LogP contribution in [-0.4, -0.2) is 45.7 Å². The van der Waals surface area contributed by atoms with Gasteiger partial charge in [-0.3, -0.25) is 14.8 Å². The Labute approximate surface area is 210 Å². The summed E-state index contributed by atoms with van der Waals surface area (Å²) in [6.07, 6.45) is 4.51. The number of hydrogen-bond acceptors (Lipinski definition) is 6. The predicted molar refractivity (Wildman–Crippen MR) is 134 cm³/mol. The van der Waals surface area contributed by atoms with Crippen molar-refractivity contribution in [1.29, 1.82) is 0 Å². The zero-order valence-corrected chi connectivity index (χ0v) is 20.6. The number of unbranched alkanes of at least 4 members (excludes halogenated alkanes) is 1. The largest absolute Gasteiger partial charge is 0.465 e. The first-order valence-electron chi connectivity index (χ1n) is 11.9. The zero-order chi connectivity index (χ0) is 25.9. The number of benzene rings is 2. The van der Waals surface area contributed by atoms with Crippen LogP contribution < -0.4 is 10.8 Å². The lowest BCUT2D eigenvalue weighted by molar-refractivity contribution is -0.129. The number of aromatic nitrogens is 2. The van der Waals surface area contributed by atoms with Gasteiger partial charge in [-0.1, -0.05) is 55.8 Å². The molecule has 0 radical (unpaired) electrons. The summed E-state index contributed by atoms with van der Waals surface area (Å²) in [4.78, 5) is 41.5. The molecular formula is C27H32N4O5. The second kappa shape index (κ2) is 13.2. The second-order valence-electron chi connectivity index (χ2n) is 8.54. The fraction of sp³-hybridized carbons (Fsp3) is 0.333. The molecule has 1 heterocycles. The van der Waals surface area contributed by atoms with Gasteiger partial charge in [-0.05, 0) is 36.1 Å². The number of nitrogens with zero attached hydrogens (tertiary/aromatic N) is 2. The van der Waals surface area contributed by atoms with Crippen LogP contribution in [0.5, 0.6) is 0 Å². The minimum atomic E-state index is -0.584. The molecule has 2 aromatic carbocycles. The number of amides is 2. The van der Waals surface area contributed by atoms with Gasteiger partial charge in [-0.2, -0.15) is 0 Å². The molecule has 0 bridgehead atoms. The summed E-state index contributed by atoms with van der Waals surface area (Å²) in [5.41, 5.74) is 4.31. The number of esters is 1. The zero-order valence-electron chi connectivity index (χ0n) is 20.6. The molecule has 0 saturated carbocycles. The molecule has 9 nitrogen and oxygen atoms in total. The summed E-state index contributed by atoms with van der Waals surface area (Å²) in [6, 6.07) is 16.0. The smallest absolute Gasteiger partial charge is 0.337 e. The molecule has 0 fully saturated rings. The average Bonchev–Trinajstić information content (AvgIpc) is 3.30. The molecule has 1 unspecified atom stereocenters. The van der Waals surface area contributed by atoms with Crippen LogP contribution in [0.3, 0.4) is 0 Å². The van der Waals surface area contributed by atoms with Crippen molar-refractivity contribution in [3.63, 3.8) is 0 Å². The number of hydroxylamine groups is 1. The van der Waals surface area contributed by atoms with Gasteiger partial charge in [0.05, 0.1) is 18.9 Å². The highest BCUT2D eigenvalue weighted by Crippen LogP contribution is 2.15. The molecule has 9 heteroatoms. The van der Waals surface area contributed by atoms with Gasteiger partial charge in [0.1, 0.15) is 11.5 Å². The van der Waals surface area contributed by atoms with Gasteiger partial charge in [0.15, 0.2) is 0 Å². The molecule has 3 N–H and O–H groups in total. The molecule has 190 valence electrons. The predicted octanol–water partition coefficient (Wildman–Crippen LogP) is 3.30. The number of methoxy groups -OCH3 is 1. The van der Waals surface area contributed by atoms with Crippen molar-refractivity contribution in [1.82, 2.24) is 20.3 Å². The third-order valence-corrected chi connectivity index (χ3v) is 5.86. The third-order valence-electron chi connectivity index (χ3n) is 5.86. The molecule has 0 aliphatic heterocycles. The monoisotopic (exact) mass is 492 g/mol. The fourth-order valence-corrected chi connectivity index (χ4v) is 3.95. The van der Waals surface area contributed by atoms with Gasteiger partial charge in [0.25, 0.3) is 5.91 Å². The maximum atomic E-state index is 13.4.